The number of alkyl halides is 9. The molecule has 1 aromatic heterocycles. The minimum Gasteiger partial charge on any atom is -0.493 e. The first-order chi connectivity index (χ1) is 19.2. The van der Waals surface area contributed by atoms with E-state index in [9.17, 15) is 62.6 Å². The average molecular weight is 671 g/mol. The van der Waals surface area contributed by atoms with Gasteiger partial charge < -0.3 is 5.11 Å². The summed E-state index contributed by atoms with van der Waals surface area (Å²) in [4.78, 5) is 12.9. The van der Waals surface area contributed by atoms with Gasteiger partial charge in [-0.1, -0.05) is 13.8 Å². The molecule has 1 radical (unpaired) electrons. The number of ketones is 1. The maximum atomic E-state index is 14.8. The predicted octanol–water partition coefficient (Wildman–Crippen LogP) is 7.36. The molecule has 0 spiro atoms. The zero-order chi connectivity index (χ0) is 32.7. The van der Waals surface area contributed by atoms with E-state index in [4.69, 9.17) is 10.5 Å². The van der Waals surface area contributed by atoms with E-state index in [0.717, 1.165) is 6.07 Å². The fourth-order valence-electron chi connectivity index (χ4n) is 3.63. The van der Waals surface area contributed by atoms with Gasteiger partial charge in [0.2, 0.25) is 5.88 Å². The predicted molar refractivity (Wildman–Crippen MR) is 115 cm³/mol. The summed E-state index contributed by atoms with van der Waals surface area (Å²) in [7, 11) is 0. The number of rotatable bonds is 3. The quantitative estimate of drug-likeness (QED) is 0.136. The second-order valence-corrected chi connectivity index (χ2v) is 7.73. The minimum absolute atomic E-state index is 0. The summed E-state index contributed by atoms with van der Waals surface area (Å²) in [5, 5.41) is 31.2. The zero-order valence-electron chi connectivity index (χ0n) is 21.2. The van der Waals surface area contributed by atoms with Gasteiger partial charge in [0.1, 0.15) is 34.5 Å². The molecular formula is C24H12F12MnN4O2. The first-order valence-electron chi connectivity index (χ1n) is 10.9. The summed E-state index contributed by atoms with van der Waals surface area (Å²) in [6, 6.07) is 0.948. The van der Waals surface area contributed by atoms with E-state index in [1.165, 1.54) is 0 Å². The van der Waals surface area contributed by atoms with E-state index in [2.05, 4.69) is 5.10 Å². The Bertz CT molecular complexity index is 1620. The molecule has 2 aromatic carbocycles. The molecule has 0 aliphatic heterocycles. The van der Waals surface area contributed by atoms with Gasteiger partial charge >= 0.3 is 18.5 Å². The van der Waals surface area contributed by atoms with Crippen LogP contribution in [-0.2, 0) is 35.6 Å². The number of carbonyl (C=O) groups excluding carboxylic acids is 1. The monoisotopic (exact) mass is 671 g/mol. The van der Waals surface area contributed by atoms with Crippen LogP contribution in [0.25, 0.3) is 5.69 Å². The van der Waals surface area contributed by atoms with E-state index in [1.807, 2.05) is 13.8 Å². The van der Waals surface area contributed by atoms with Crippen molar-refractivity contribution in [2.45, 2.75) is 39.3 Å². The van der Waals surface area contributed by atoms with Crippen LogP contribution in [0.1, 0.15) is 63.3 Å². The number of hydrogen-bond acceptors (Lipinski definition) is 5. The topological polar surface area (TPSA) is 103 Å². The maximum Gasteiger partial charge on any atom is 0.420 e. The molecule has 0 fully saturated rings. The number of benzene rings is 2. The largest absolute Gasteiger partial charge is 0.493 e. The average Bonchev–Trinajstić information content (AvgIpc) is 3.17. The molecule has 0 saturated carbocycles. The number of aromatic hydroxyl groups is 1. The van der Waals surface area contributed by atoms with Crippen LogP contribution in [-0.4, -0.2) is 20.7 Å². The first kappa shape index (κ1) is 36.8. The smallest absolute Gasteiger partial charge is 0.420 e. The molecule has 0 aliphatic rings. The van der Waals surface area contributed by atoms with Gasteiger partial charge in [-0.25, -0.2) is 13.2 Å². The summed E-state index contributed by atoms with van der Waals surface area (Å²) < 4.78 is 164. The Kier molecular flexibility index (Phi) is 10.8. The van der Waals surface area contributed by atoms with Crippen LogP contribution in [0.2, 0.25) is 0 Å². The van der Waals surface area contributed by atoms with Crippen LogP contribution in [0.4, 0.5) is 52.7 Å². The first-order valence-corrected chi connectivity index (χ1v) is 10.9. The van der Waals surface area contributed by atoms with Crippen molar-refractivity contribution in [1.82, 2.24) is 9.78 Å². The Morgan fingerprint density at radius 2 is 1.26 bits per heavy atom. The molecule has 0 amide bonds. The molecule has 19 heteroatoms. The van der Waals surface area contributed by atoms with Crippen molar-refractivity contribution in [3.05, 3.63) is 74.2 Å². The van der Waals surface area contributed by atoms with Crippen LogP contribution >= 0.6 is 0 Å². The Morgan fingerprint density at radius 1 is 0.814 bits per heavy atom. The van der Waals surface area contributed by atoms with E-state index < -0.39 is 103 Å². The third kappa shape index (κ3) is 6.57. The number of nitriles is 2. The van der Waals surface area contributed by atoms with E-state index >= 15 is 0 Å². The molecule has 0 bridgehead atoms. The summed E-state index contributed by atoms with van der Waals surface area (Å²) in [6.45, 7) is 4.71. The second kappa shape index (κ2) is 12.6. The van der Waals surface area contributed by atoms with Gasteiger partial charge in [0, 0.05) is 22.6 Å². The number of carbonyl (C=O) groups is 1. The van der Waals surface area contributed by atoms with Gasteiger partial charge in [-0.3, -0.25) is 4.79 Å². The SMILES string of the molecule is CC.Cc1nn(-c2c(F)c(F)c(C#N)c(C(F)(F)F)c2F)c(O)c1C(=O)c1cc(C(F)(F)F)c(C#N)c(C(F)(F)F)c1.[Mn]. The summed E-state index contributed by atoms with van der Waals surface area (Å²) in [6.07, 6.45) is -17.1. The van der Waals surface area contributed by atoms with Gasteiger partial charge in [-0.2, -0.15) is 59.8 Å². The summed E-state index contributed by atoms with van der Waals surface area (Å²) in [5.41, 5.74) is -16.9. The summed E-state index contributed by atoms with van der Waals surface area (Å²) >= 11 is 0. The number of aryl methyl sites for hydroxylation is 1. The standard InChI is InChI=1S/C22H6F12N4O2.C2H6.Mn/c1-6-12(18(39)7-2-10(20(26,27)28)8(4-35)11(3-7)21(29,30)31)19(40)38(37-6)17-15(24)13(22(32,33)34)9(5-36)14(23)16(17)25;1-2;/h2-3,40H,1H3;1-2H3;. The molecule has 0 unspecified atom stereocenters. The van der Waals surface area contributed by atoms with Crippen molar-refractivity contribution in [3.63, 3.8) is 0 Å². The Hall–Kier alpha value is -4.22. The van der Waals surface area contributed by atoms with Gasteiger partial charge in [-0.15, -0.1) is 0 Å². The van der Waals surface area contributed by atoms with Gasteiger partial charge in [0.05, 0.1) is 22.4 Å². The molecule has 3 rings (SSSR count). The number of aromatic nitrogens is 2. The molecule has 0 aliphatic carbocycles. The normalized spacial score (nSPS) is 11.6. The molecule has 6 nitrogen and oxygen atoms in total. The van der Waals surface area contributed by atoms with E-state index in [-0.39, 0.29) is 29.2 Å². The number of halogens is 12. The maximum absolute atomic E-state index is 14.8. The Labute approximate surface area is 243 Å². The van der Waals surface area contributed by atoms with Crippen LogP contribution in [0, 0.1) is 47.0 Å². The summed E-state index contributed by atoms with van der Waals surface area (Å²) in [5.74, 6) is -11.5. The van der Waals surface area contributed by atoms with E-state index in [0.29, 0.717) is 13.0 Å². The van der Waals surface area contributed by atoms with Crippen molar-refractivity contribution in [2.75, 3.05) is 0 Å². The molecule has 0 atom stereocenters. The van der Waals surface area contributed by atoms with Gasteiger partial charge in [-0.05, 0) is 19.1 Å². The molecule has 0 saturated heterocycles. The van der Waals surface area contributed by atoms with Crippen LogP contribution in [0.3, 0.4) is 0 Å². The van der Waals surface area contributed by atoms with Crippen molar-refractivity contribution in [3.8, 4) is 23.7 Å². The molecule has 231 valence electrons. The Balaban J connectivity index is 0.00000302. The molecule has 1 N–H and O–H groups in total. The van der Waals surface area contributed by atoms with Crippen molar-refractivity contribution < 1.29 is 79.7 Å². The fourth-order valence-corrected chi connectivity index (χ4v) is 3.63. The van der Waals surface area contributed by atoms with E-state index in [1.54, 1.807) is 0 Å². The molecule has 1 heterocycles. The van der Waals surface area contributed by atoms with Crippen molar-refractivity contribution >= 4 is 5.78 Å². The molecule has 3 aromatic rings. The third-order valence-electron chi connectivity index (χ3n) is 5.29. The number of hydrogen-bond donors (Lipinski definition) is 1. The molecular weight excluding hydrogens is 659 g/mol. The zero-order valence-corrected chi connectivity index (χ0v) is 22.4. The number of nitrogens with zero attached hydrogens (tertiary/aromatic N) is 4. The fraction of sp³-hybridized carbons (Fsp3) is 0.250. The third-order valence-corrected chi connectivity index (χ3v) is 5.29. The minimum atomic E-state index is -5.82. The van der Waals surface area contributed by atoms with Gasteiger partial charge in [0.15, 0.2) is 23.2 Å². The Morgan fingerprint density at radius 3 is 1.63 bits per heavy atom. The van der Waals surface area contributed by atoms with Crippen LogP contribution in [0.5, 0.6) is 5.88 Å². The van der Waals surface area contributed by atoms with Crippen LogP contribution < -0.4 is 0 Å². The van der Waals surface area contributed by atoms with Gasteiger partial charge in [0.25, 0.3) is 0 Å². The van der Waals surface area contributed by atoms with Crippen LogP contribution in [0.15, 0.2) is 12.1 Å². The molecule has 43 heavy (non-hydrogen) atoms. The van der Waals surface area contributed by atoms with Crippen molar-refractivity contribution in [2.24, 2.45) is 0 Å². The second-order valence-electron chi connectivity index (χ2n) is 7.73. The van der Waals surface area contributed by atoms with Crippen molar-refractivity contribution in [1.29, 1.82) is 10.5 Å².